The molecule has 0 saturated heterocycles. The molecule has 0 aliphatic heterocycles. The predicted octanol–water partition coefficient (Wildman–Crippen LogP) is 4.82. The van der Waals surface area contributed by atoms with Gasteiger partial charge in [0.25, 0.3) is 0 Å². The molecule has 2 N–H and O–H groups in total. The molecule has 6 heteroatoms. The molecule has 25 heavy (non-hydrogen) atoms. The van der Waals surface area contributed by atoms with Gasteiger partial charge in [0.15, 0.2) is 11.4 Å². The van der Waals surface area contributed by atoms with Crippen molar-refractivity contribution in [1.29, 1.82) is 0 Å². The molecule has 0 bridgehead atoms. The lowest BCUT2D eigenvalue weighted by Crippen LogP contribution is -2.06. The molecule has 0 spiro atoms. The first-order chi connectivity index (χ1) is 12.0. The highest BCUT2D eigenvalue weighted by molar-refractivity contribution is 5.89. The van der Waals surface area contributed by atoms with Gasteiger partial charge in [-0.15, -0.1) is 0 Å². The number of aromatic amines is 1. The first-order valence-electron chi connectivity index (χ1n) is 8.44. The molecule has 4 aromatic rings. The van der Waals surface area contributed by atoms with Crippen LogP contribution in [0.5, 0.6) is 0 Å². The fraction of sp³-hybridized carbons (Fsp3) is 0.316. The van der Waals surface area contributed by atoms with Crippen molar-refractivity contribution in [2.24, 2.45) is 5.41 Å². The van der Waals surface area contributed by atoms with Gasteiger partial charge in [0, 0.05) is 23.3 Å². The van der Waals surface area contributed by atoms with Gasteiger partial charge in [-0.05, 0) is 42.5 Å². The van der Waals surface area contributed by atoms with E-state index >= 15 is 0 Å². The molecule has 1 aromatic carbocycles. The van der Waals surface area contributed by atoms with Gasteiger partial charge in [0.05, 0.1) is 11.2 Å². The van der Waals surface area contributed by atoms with E-state index in [9.17, 15) is 0 Å². The first kappa shape index (κ1) is 15.6. The summed E-state index contributed by atoms with van der Waals surface area (Å²) >= 11 is 0. The Labute approximate surface area is 145 Å². The number of hydrogen-bond donors (Lipinski definition) is 2. The van der Waals surface area contributed by atoms with Gasteiger partial charge in [0.2, 0.25) is 0 Å². The number of pyridine rings is 1. The topological polar surface area (TPSA) is 79.6 Å². The maximum atomic E-state index is 5.53. The number of nitrogens with one attached hydrogen (secondary N) is 2. The molecule has 3 aromatic heterocycles. The Morgan fingerprint density at radius 2 is 2.08 bits per heavy atom. The van der Waals surface area contributed by atoms with E-state index < -0.39 is 0 Å². The van der Waals surface area contributed by atoms with E-state index in [1.807, 2.05) is 24.3 Å². The van der Waals surface area contributed by atoms with Crippen LogP contribution in [0, 0.1) is 5.41 Å². The number of benzene rings is 1. The van der Waals surface area contributed by atoms with E-state index in [-0.39, 0.29) is 5.41 Å². The van der Waals surface area contributed by atoms with Crippen molar-refractivity contribution >= 4 is 33.5 Å². The van der Waals surface area contributed by atoms with Crippen LogP contribution < -0.4 is 5.32 Å². The van der Waals surface area contributed by atoms with Gasteiger partial charge in [-0.25, -0.2) is 0 Å². The normalized spacial score (nSPS) is 12.1. The van der Waals surface area contributed by atoms with Crippen LogP contribution in [-0.4, -0.2) is 20.3 Å². The van der Waals surface area contributed by atoms with Crippen LogP contribution in [0.4, 0.5) is 11.5 Å². The Morgan fingerprint density at radius 1 is 1.20 bits per heavy atom. The summed E-state index contributed by atoms with van der Waals surface area (Å²) in [7, 11) is 0. The minimum absolute atomic E-state index is 0.279. The van der Waals surface area contributed by atoms with Crippen molar-refractivity contribution in [1.82, 2.24) is 20.3 Å². The van der Waals surface area contributed by atoms with Crippen molar-refractivity contribution in [2.45, 2.75) is 33.6 Å². The highest BCUT2D eigenvalue weighted by Gasteiger charge is 2.15. The van der Waals surface area contributed by atoms with Crippen molar-refractivity contribution in [3.05, 3.63) is 42.2 Å². The number of anilines is 2. The average molecular weight is 335 g/mol. The molecule has 4 rings (SSSR count). The van der Waals surface area contributed by atoms with Crippen LogP contribution in [0.2, 0.25) is 0 Å². The van der Waals surface area contributed by atoms with E-state index in [0.717, 1.165) is 46.2 Å². The smallest absolute Gasteiger partial charge is 0.178 e. The van der Waals surface area contributed by atoms with E-state index in [1.165, 1.54) is 0 Å². The largest absolute Gasteiger partial charge is 0.356 e. The molecule has 3 heterocycles. The quantitative estimate of drug-likeness (QED) is 0.559. The maximum Gasteiger partial charge on any atom is 0.178 e. The summed E-state index contributed by atoms with van der Waals surface area (Å²) in [4.78, 5) is 4.36. The standard InChI is InChI=1S/C19H21N5O/c1-19(2,3)9-8-14-13-7-6-12(11-16(13)25-24-14)21-18-17-15(22-23-18)5-4-10-20-17/h4-7,10-11H,8-9H2,1-3H3,(H2,21,22,23). The molecular formula is C19H21N5O. The SMILES string of the molecule is CC(C)(C)CCc1noc2cc(Nc3n[nH]c4cccnc34)ccc12. The minimum Gasteiger partial charge on any atom is -0.356 e. The van der Waals surface area contributed by atoms with Crippen LogP contribution in [0.3, 0.4) is 0 Å². The summed E-state index contributed by atoms with van der Waals surface area (Å²) in [6, 6.07) is 9.84. The molecule has 0 saturated carbocycles. The predicted molar refractivity (Wildman–Crippen MR) is 99.0 cm³/mol. The van der Waals surface area contributed by atoms with Gasteiger partial charge < -0.3 is 9.84 Å². The fourth-order valence-electron chi connectivity index (χ4n) is 2.82. The Balaban J connectivity index is 1.59. The number of aromatic nitrogens is 4. The Kier molecular flexibility index (Phi) is 3.67. The Bertz CT molecular complexity index is 1030. The zero-order valence-electron chi connectivity index (χ0n) is 14.6. The van der Waals surface area contributed by atoms with Gasteiger partial charge in [-0.1, -0.05) is 25.9 Å². The van der Waals surface area contributed by atoms with Gasteiger partial charge >= 0.3 is 0 Å². The second-order valence-corrected chi connectivity index (χ2v) is 7.50. The average Bonchev–Trinajstić information content (AvgIpc) is 3.17. The fourth-order valence-corrected chi connectivity index (χ4v) is 2.82. The third kappa shape index (κ3) is 3.20. The molecule has 0 aliphatic carbocycles. The van der Waals surface area contributed by atoms with Crippen LogP contribution in [0.15, 0.2) is 41.1 Å². The first-order valence-corrected chi connectivity index (χ1v) is 8.44. The summed E-state index contributed by atoms with van der Waals surface area (Å²) in [6.45, 7) is 6.71. The van der Waals surface area contributed by atoms with Crippen LogP contribution in [-0.2, 0) is 6.42 Å². The molecule has 0 aliphatic rings. The highest BCUT2D eigenvalue weighted by Crippen LogP contribution is 2.28. The van der Waals surface area contributed by atoms with Gasteiger partial charge in [-0.3, -0.25) is 10.1 Å². The summed E-state index contributed by atoms with van der Waals surface area (Å²) < 4.78 is 5.53. The molecular weight excluding hydrogens is 314 g/mol. The second-order valence-electron chi connectivity index (χ2n) is 7.50. The third-order valence-electron chi connectivity index (χ3n) is 4.24. The third-order valence-corrected chi connectivity index (χ3v) is 4.24. The molecule has 6 nitrogen and oxygen atoms in total. The molecule has 128 valence electrons. The number of fused-ring (bicyclic) bond motifs is 2. The summed E-state index contributed by atoms with van der Waals surface area (Å²) in [5.74, 6) is 0.697. The van der Waals surface area contributed by atoms with E-state index in [2.05, 4.69) is 52.5 Å². The monoisotopic (exact) mass is 335 g/mol. The lowest BCUT2D eigenvalue weighted by atomic mass is 9.89. The lowest BCUT2D eigenvalue weighted by molar-refractivity contribution is 0.369. The van der Waals surface area contributed by atoms with Gasteiger partial charge in [0.1, 0.15) is 5.52 Å². The number of rotatable bonds is 4. The van der Waals surface area contributed by atoms with Crippen molar-refractivity contribution < 1.29 is 4.52 Å². The summed E-state index contributed by atoms with van der Waals surface area (Å²) in [6.07, 6.45) is 3.74. The van der Waals surface area contributed by atoms with Crippen LogP contribution in [0.25, 0.3) is 22.0 Å². The summed E-state index contributed by atoms with van der Waals surface area (Å²) in [5, 5.41) is 15.9. The molecule has 0 amide bonds. The highest BCUT2D eigenvalue weighted by atomic mass is 16.5. The molecule has 0 radical (unpaired) electrons. The Morgan fingerprint density at radius 3 is 2.92 bits per heavy atom. The van der Waals surface area contributed by atoms with Gasteiger partial charge in [-0.2, -0.15) is 5.10 Å². The van der Waals surface area contributed by atoms with E-state index in [0.29, 0.717) is 5.82 Å². The molecule has 0 atom stereocenters. The minimum atomic E-state index is 0.279. The zero-order chi connectivity index (χ0) is 17.4. The van der Waals surface area contributed by atoms with Crippen LogP contribution >= 0.6 is 0 Å². The second kappa shape index (κ2) is 5.88. The van der Waals surface area contributed by atoms with Crippen molar-refractivity contribution in [3.63, 3.8) is 0 Å². The Hall–Kier alpha value is -2.89. The summed E-state index contributed by atoms with van der Waals surface area (Å²) in [5.41, 5.74) is 4.68. The molecule has 0 fully saturated rings. The number of hydrogen-bond acceptors (Lipinski definition) is 5. The van der Waals surface area contributed by atoms with Crippen LogP contribution in [0.1, 0.15) is 32.9 Å². The lowest BCUT2D eigenvalue weighted by Gasteiger charge is -2.16. The van der Waals surface area contributed by atoms with E-state index in [1.54, 1.807) is 6.20 Å². The maximum absolute atomic E-state index is 5.53. The number of H-pyrrole nitrogens is 1. The zero-order valence-corrected chi connectivity index (χ0v) is 14.6. The van der Waals surface area contributed by atoms with Crippen molar-refractivity contribution in [2.75, 3.05) is 5.32 Å². The number of aryl methyl sites for hydroxylation is 1. The van der Waals surface area contributed by atoms with E-state index in [4.69, 9.17) is 4.52 Å². The van der Waals surface area contributed by atoms with Crippen molar-refractivity contribution in [3.8, 4) is 0 Å². The number of nitrogens with zero attached hydrogens (tertiary/aromatic N) is 3. The molecule has 0 unspecified atom stereocenters.